The van der Waals surface area contributed by atoms with Gasteiger partial charge in [0.15, 0.2) is 0 Å². The minimum atomic E-state index is -0.533. The van der Waals surface area contributed by atoms with E-state index in [1.54, 1.807) is 29.5 Å². The fourth-order valence-corrected chi connectivity index (χ4v) is 4.95. The third-order valence-electron chi connectivity index (χ3n) is 6.67. The predicted molar refractivity (Wildman–Crippen MR) is 132 cm³/mol. The number of piperazine rings is 1. The second-order valence-corrected chi connectivity index (χ2v) is 9.71. The van der Waals surface area contributed by atoms with Crippen LogP contribution in [-0.2, 0) is 22.4 Å². The molecule has 35 heavy (non-hydrogen) atoms. The number of hydrogen-bond donors (Lipinski definition) is 1. The minimum Gasteiger partial charge on any atom is -0.351 e. The number of imidazole rings is 1. The van der Waals surface area contributed by atoms with Crippen molar-refractivity contribution >= 4 is 17.6 Å². The maximum absolute atomic E-state index is 13.6. The van der Waals surface area contributed by atoms with E-state index in [4.69, 9.17) is 4.98 Å². The summed E-state index contributed by atoms with van der Waals surface area (Å²) in [4.78, 5) is 43.5. The lowest BCUT2D eigenvalue weighted by atomic mass is 10.1. The summed E-state index contributed by atoms with van der Waals surface area (Å²) in [7, 11) is 0. The molecule has 1 aliphatic carbocycles. The summed E-state index contributed by atoms with van der Waals surface area (Å²) in [5, 5.41) is 3.26. The van der Waals surface area contributed by atoms with Crippen molar-refractivity contribution in [3.8, 4) is 5.95 Å². The van der Waals surface area contributed by atoms with E-state index in [1.165, 1.54) is 11.1 Å². The molecule has 182 valence electrons. The van der Waals surface area contributed by atoms with Crippen molar-refractivity contribution in [1.29, 1.82) is 0 Å². The molecule has 1 fully saturated rings. The Morgan fingerprint density at radius 3 is 2.54 bits per heavy atom. The van der Waals surface area contributed by atoms with Gasteiger partial charge in [0.25, 0.3) is 0 Å². The highest BCUT2D eigenvalue weighted by atomic mass is 16.2. The number of amides is 2. The van der Waals surface area contributed by atoms with E-state index in [2.05, 4.69) is 27.4 Å². The number of rotatable bonds is 6. The number of anilines is 1. The number of nitrogens with one attached hydrogen (secondary N) is 1. The Kier molecular flexibility index (Phi) is 6.48. The second kappa shape index (κ2) is 9.85. The molecule has 2 amide bonds. The van der Waals surface area contributed by atoms with Gasteiger partial charge in [-0.25, -0.2) is 9.97 Å². The SMILES string of the molecule is CC(C)CC(=O)N1CCN(c2ccnc(-n3ccnc3)n2)C(C(=O)NC2Cc3ccccc3C2)C1. The quantitative estimate of drug-likeness (QED) is 0.588. The van der Waals surface area contributed by atoms with Gasteiger partial charge in [-0.15, -0.1) is 0 Å². The average molecular weight is 474 g/mol. The second-order valence-electron chi connectivity index (χ2n) is 9.71. The van der Waals surface area contributed by atoms with Crippen LogP contribution in [-0.4, -0.2) is 68.0 Å². The number of nitrogens with zero attached hydrogens (tertiary/aromatic N) is 6. The molecular formula is C26H31N7O2. The Balaban J connectivity index is 1.37. The number of fused-ring (bicyclic) bond motifs is 1. The monoisotopic (exact) mass is 473 g/mol. The molecule has 2 aliphatic rings. The highest BCUT2D eigenvalue weighted by molar-refractivity contribution is 5.87. The summed E-state index contributed by atoms with van der Waals surface area (Å²) in [6.45, 7) is 5.48. The van der Waals surface area contributed by atoms with E-state index in [9.17, 15) is 9.59 Å². The lowest BCUT2D eigenvalue weighted by molar-refractivity contribution is -0.134. The first-order chi connectivity index (χ1) is 17.0. The third kappa shape index (κ3) is 5.03. The standard InChI is InChI=1S/C26H31N7O2/c1-18(2)13-24(34)31-11-12-33(23-7-8-28-26(30-23)32-10-9-27-17-32)22(16-31)25(35)29-21-14-19-5-3-4-6-20(19)15-21/h3-10,17-18,21-22H,11-16H2,1-2H3,(H,29,35). The van der Waals surface area contributed by atoms with Crippen molar-refractivity contribution in [2.75, 3.05) is 24.5 Å². The first kappa shape index (κ1) is 23.0. The van der Waals surface area contributed by atoms with Gasteiger partial charge in [-0.3, -0.25) is 14.2 Å². The number of aromatic nitrogens is 4. The van der Waals surface area contributed by atoms with E-state index in [0.717, 1.165) is 12.8 Å². The largest absolute Gasteiger partial charge is 0.351 e. The molecule has 1 aliphatic heterocycles. The fourth-order valence-electron chi connectivity index (χ4n) is 4.95. The van der Waals surface area contributed by atoms with Crippen molar-refractivity contribution in [2.24, 2.45) is 5.92 Å². The zero-order valence-electron chi connectivity index (χ0n) is 20.2. The van der Waals surface area contributed by atoms with Gasteiger partial charge in [0.2, 0.25) is 17.8 Å². The van der Waals surface area contributed by atoms with Crippen LogP contribution in [0.4, 0.5) is 5.82 Å². The fraction of sp³-hybridized carbons (Fsp3) is 0.423. The average Bonchev–Trinajstić information content (AvgIpc) is 3.53. The van der Waals surface area contributed by atoms with E-state index >= 15 is 0 Å². The number of carbonyl (C=O) groups excluding carboxylic acids is 2. The molecule has 1 saturated heterocycles. The summed E-state index contributed by atoms with van der Waals surface area (Å²) in [6.07, 6.45) is 8.91. The van der Waals surface area contributed by atoms with Crippen molar-refractivity contribution in [1.82, 2.24) is 29.7 Å². The van der Waals surface area contributed by atoms with Crippen LogP contribution in [0.15, 0.2) is 55.2 Å². The number of carbonyl (C=O) groups is 2. The zero-order chi connectivity index (χ0) is 24.4. The zero-order valence-corrected chi connectivity index (χ0v) is 20.2. The van der Waals surface area contributed by atoms with Crippen LogP contribution in [0.2, 0.25) is 0 Å². The van der Waals surface area contributed by atoms with Crippen LogP contribution in [0.25, 0.3) is 5.95 Å². The Hall–Kier alpha value is -3.75. The number of hydrogen-bond acceptors (Lipinski definition) is 6. The smallest absolute Gasteiger partial charge is 0.244 e. The molecule has 1 unspecified atom stereocenters. The lowest BCUT2D eigenvalue weighted by Crippen LogP contribution is -2.61. The van der Waals surface area contributed by atoms with Gasteiger partial charge >= 0.3 is 0 Å². The van der Waals surface area contributed by atoms with E-state index in [-0.39, 0.29) is 23.8 Å². The summed E-state index contributed by atoms with van der Waals surface area (Å²) in [5.74, 6) is 1.43. The molecule has 3 heterocycles. The highest BCUT2D eigenvalue weighted by Gasteiger charge is 2.36. The maximum Gasteiger partial charge on any atom is 0.244 e. The molecule has 0 radical (unpaired) electrons. The van der Waals surface area contributed by atoms with E-state index in [1.807, 2.05) is 41.8 Å². The van der Waals surface area contributed by atoms with Crippen molar-refractivity contribution in [3.63, 3.8) is 0 Å². The Bertz CT molecular complexity index is 1170. The third-order valence-corrected chi connectivity index (χ3v) is 6.67. The molecule has 0 bridgehead atoms. The van der Waals surface area contributed by atoms with Crippen molar-refractivity contribution in [3.05, 3.63) is 66.4 Å². The van der Waals surface area contributed by atoms with Gasteiger partial charge in [-0.2, -0.15) is 4.98 Å². The Labute approximate surface area is 205 Å². The molecule has 3 aromatic rings. The predicted octanol–water partition coefficient (Wildman–Crippen LogP) is 2.01. The van der Waals surface area contributed by atoms with Gasteiger partial charge in [0, 0.05) is 44.1 Å². The normalized spacial score (nSPS) is 18.1. The summed E-state index contributed by atoms with van der Waals surface area (Å²) >= 11 is 0. The molecule has 9 heteroatoms. The van der Waals surface area contributed by atoms with Gasteiger partial charge in [0.05, 0.1) is 6.54 Å². The van der Waals surface area contributed by atoms with E-state index < -0.39 is 6.04 Å². The molecule has 1 atom stereocenters. The number of benzene rings is 1. The molecule has 1 aromatic carbocycles. The topological polar surface area (TPSA) is 96.2 Å². The van der Waals surface area contributed by atoms with Gasteiger partial charge < -0.3 is 15.1 Å². The van der Waals surface area contributed by atoms with Crippen molar-refractivity contribution < 1.29 is 9.59 Å². The maximum atomic E-state index is 13.6. The van der Waals surface area contributed by atoms with Gasteiger partial charge in [-0.05, 0) is 36.0 Å². The molecule has 5 rings (SSSR count). The summed E-state index contributed by atoms with van der Waals surface area (Å²) < 4.78 is 1.73. The van der Waals surface area contributed by atoms with Crippen LogP contribution in [0.5, 0.6) is 0 Å². The minimum absolute atomic E-state index is 0.0513. The van der Waals surface area contributed by atoms with Gasteiger partial charge in [0.1, 0.15) is 18.2 Å². The molecule has 0 spiro atoms. The first-order valence-electron chi connectivity index (χ1n) is 12.2. The van der Waals surface area contributed by atoms with Gasteiger partial charge in [-0.1, -0.05) is 38.1 Å². The Morgan fingerprint density at radius 2 is 1.86 bits per heavy atom. The van der Waals surface area contributed by atoms with Crippen LogP contribution in [0, 0.1) is 5.92 Å². The van der Waals surface area contributed by atoms with Crippen LogP contribution >= 0.6 is 0 Å². The summed E-state index contributed by atoms with van der Waals surface area (Å²) in [6, 6.07) is 9.66. The molecule has 9 nitrogen and oxygen atoms in total. The molecular weight excluding hydrogens is 442 g/mol. The van der Waals surface area contributed by atoms with Crippen LogP contribution in [0.3, 0.4) is 0 Å². The first-order valence-corrected chi connectivity index (χ1v) is 12.2. The summed E-state index contributed by atoms with van der Waals surface area (Å²) in [5.41, 5.74) is 2.57. The van der Waals surface area contributed by atoms with E-state index in [0.29, 0.717) is 37.8 Å². The molecule has 0 saturated carbocycles. The molecule has 2 aromatic heterocycles. The Morgan fingerprint density at radius 1 is 1.09 bits per heavy atom. The van der Waals surface area contributed by atoms with Crippen LogP contribution < -0.4 is 10.2 Å². The molecule has 1 N–H and O–H groups in total. The lowest BCUT2D eigenvalue weighted by Gasteiger charge is -2.41. The highest BCUT2D eigenvalue weighted by Crippen LogP contribution is 2.24. The van der Waals surface area contributed by atoms with Crippen LogP contribution in [0.1, 0.15) is 31.4 Å². The van der Waals surface area contributed by atoms with Crippen molar-refractivity contribution in [2.45, 2.75) is 45.2 Å².